The first-order valence-electron chi connectivity index (χ1n) is 9.85. The summed E-state index contributed by atoms with van der Waals surface area (Å²) in [6, 6.07) is -1.06. The van der Waals surface area contributed by atoms with Crippen LogP contribution >= 0.6 is 0 Å². The van der Waals surface area contributed by atoms with Crippen molar-refractivity contribution in [2.24, 2.45) is 0 Å². The Morgan fingerprint density at radius 1 is 1.07 bits per heavy atom. The zero-order chi connectivity index (χ0) is 20.6. The molecule has 0 aliphatic carbocycles. The van der Waals surface area contributed by atoms with E-state index in [1.165, 1.54) is 18.9 Å². The molecule has 1 fully saturated rings. The molecule has 1 amide bonds. The van der Waals surface area contributed by atoms with Gasteiger partial charge in [-0.2, -0.15) is 0 Å². The monoisotopic (exact) mass is 385 g/mol. The van der Waals surface area contributed by atoms with Crippen molar-refractivity contribution in [1.29, 1.82) is 0 Å². The summed E-state index contributed by atoms with van der Waals surface area (Å²) in [7, 11) is 1.29. The molecule has 0 aromatic heterocycles. The molecule has 7 heteroatoms. The molecule has 0 saturated carbocycles. The number of hydrogen-bond acceptors (Lipinski definition) is 6. The first-order valence-corrected chi connectivity index (χ1v) is 9.85. The fourth-order valence-corrected chi connectivity index (χ4v) is 3.46. The number of hydrogen-bond donors (Lipinski definition) is 0. The molecule has 0 radical (unpaired) electrons. The largest absolute Gasteiger partial charge is 0.467 e. The van der Waals surface area contributed by atoms with Gasteiger partial charge in [-0.1, -0.05) is 32.6 Å². The summed E-state index contributed by atoms with van der Waals surface area (Å²) >= 11 is 0. The predicted molar refractivity (Wildman–Crippen MR) is 101 cm³/mol. The van der Waals surface area contributed by atoms with Crippen LogP contribution in [0.4, 0.5) is 4.79 Å². The van der Waals surface area contributed by atoms with Crippen molar-refractivity contribution in [1.82, 2.24) is 4.90 Å². The van der Waals surface area contributed by atoms with Gasteiger partial charge < -0.3 is 14.2 Å². The molecule has 156 valence electrons. The van der Waals surface area contributed by atoms with E-state index in [4.69, 9.17) is 14.2 Å². The third-order valence-electron chi connectivity index (χ3n) is 4.55. The lowest BCUT2D eigenvalue weighted by Gasteiger charge is -2.43. The molecule has 0 aromatic carbocycles. The smallest absolute Gasteiger partial charge is 0.411 e. The summed E-state index contributed by atoms with van der Waals surface area (Å²) in [6.45, 7) is 8.86. The number of esters is 2. The van der Waals surface area contributed by atoms with Gasteiger partial charge in [0.15, 0.2) is 0 Å². The summed E-state index contributed by atoms with van der Waals surface area (Å²) < 4.78 is 15.8. The van der Waals surface area contributed by atoms with Crippen LogP contribution in [-0.4, -0.2) is 53.8 Å². The minimum Gasteiger partial charge on any atom is -0.467 e. The van der Waals surface area contributed by atoms with Gasteiger partial charge in [0.05, 0.1) is 7.11 Å². The number of carbonyl (C=O) groups excluding carboxylic acids is 3. The third kappa shape index (κ3) is 7.77. The highest BCUT2D eigenvalue weighted by Gasteiger charge is 2.45. The summed E-state index contributed by atoms with van der Waals surface area (Å²) in [5, 5.41) is 0. The highest BCUT2D eigenvalue weighted by Crippen LogP contribution is 2.31. The Kier molecular flexibility index (Phi) is 9.06. The van der Waals surface area contributed by atoms with E-state index in [1.54, 1.807) is 20.8 Å². The number of rotatable bonds is 7. The Labute approximate surface area is 162 Å². The number of piperidine rings is 1. The van der Waals surface area contributed by atoms with Crippen molar-refractivity contribution in [3.05, 3.63) is 0 Å². The molecule has 7 nitrogen and oxygen atoms in total. The van der Waals surface area contributed by atoms with E-state index in [9.17, 15) is 14.4 Å². The van der Waals surface area contributed by atoms with Gasteiger partial charge in [-0.3, -0.25) is 9.69 Å². The van der Waals surface area contributed by atoms with Crippen molar-refractivity contribution in [2.45, 2.75) is 103 Å². The first-order chi connectivity index (χ1) is 12.6. The zero-order valence-electron chi connectivity index (χ0n) is 17.6. The van der Waals surface area contributed by atoms with Crippen molar-refractivity contribution < 1.29 is 28.6 Å². The number of amides is 1. The van der Waals surface area contributed by atoms with E-state index >= 15 is 0 Å². The molecule has 1 heterocycles. The fourth-order valence-electron chi connectivity index (χ4n) is 3.46. The Morgan fingerprint density at radius 3 is 2.26 bits per heavy atom. The number of methoxy groups -OCH3 is 1. The highest BCUT2D eigenvalue weighted by atomic mass is 16.6. The van der Waals surface area contributed by atoms with Crippen LogP contribution in [0.1, 0.15) is 79.6 Å². The number of nitrogens with zero attached hydrogens (tertiary/aromatic N) is 1. The summed E-state index contributed by atoms with van der Waals surface area (Å²) in [4.78, 5) is 38.2. The van der Waals surface area contributed by atoms with Gasteiger partial charge in [0.25, 0.3) is 0 Å². The average Bonchev–Trinajstić information content (AvgIpc) is 2.55. The van der Waals surface area contributed by atoms with E-state index in [2.05, 4.69) is 6.92 Å². The first kappa shape index (κ1) is 23.2. The third-order valence-corrected chi connectivity index (χ3v) is 4.55. The number of ether oxygens (including phenoxy) is 3. The topological polar surface area (TPSA) is 82.1 Å². The molecule has 1 aliphatic heterocycles. The second-order valence-corrected chi connectivity index (χ2v) is 8.13. The quantitative estimate of drug-likeness (QED) is 0.376. The Balaban J connectivity index is 3.06. The average molecular weight is 386 g/mol. The lowest BCUT2D eigenvalue weighted by Crippen LogP contribution is -2.58. The summed E-state index contributed by atoms with van der Waals surface area (Å²) in [5.41, 5.74) is -0.669. The number of likely N-dealkylation sites (tertiary alicyclic amines) is 1. The highest BCUT2D eigenvalue weighted by molar-refractivity contribution is 5.82. The molecule has 0 unspecified atom stereocenters. The van der Waals surface area contributed by atoms with Gasteiger partial charge >= 0.3 is 18.0 Å². The van der Waals surface area contributed by atoms with Gasteiger partial charge in [0.2, 0.25) is 0 Å². The lowest BCUT2D eigenvalue weighted by molar-refractivity contribution is -0.160. The molecule has 0 bridgehead atoms. The molecule has 3 atom stereocenters. The maximum atomic E-state index is 12.9. The van der Waals surface area contributed by atoms with E-state index in [0.29, 0.717) is 6.42 Å². The van der Waals surface area contributed by atoms with Crippen LogP contribution in [0.15, 0.2) is 0 Å². The molecular weight excluding hydrogens is 350 g/mol. The van der Waals surface area contributed by atoms with E-state index in [0.717, 1.165) is 32.1 Å². The maximum absolute atomic E-state index is 12.9. The molecule has 0 aromatic rings. The van der Waals surface area contributed by atoms with E-state index in [-0.39, 0.29) is 18.4 Å². The SMILES string of the molecule is CCCCCC[C@@H]1C[C@@H](OC(C)=O)C[C@@H](C(=O)OC)N1C(=O)OC(C)(C)C. The van der Waals surface area contributed by atoms with Crippen LogP contribution in [0.2, 0.25) is 0 Å². The van der Waals surface area contributed by atoms with E-state index < -0.39 is 29.8 Å². The molecule has 0 N–H and O–H groups in total. The van der Waals surface area contributed by atoms with Gasteiger partial charge in [-0.15, -0.1) is 0 Å². The number of unbranched alkanes of at least 4 members (excludes halogenated alkanes) is 3. The molecule has 1 saturated heterocycles. The molecular formula is C20H35NO6. The van der Waals surface area contributed by atoms with Crippen LogP contribution in [0, 0.1) is 0 Å². The van der Waals surface area contributed by atoms with Crippen LogP contribution in [0.5, 0.6) is 0 Å². The number of carbonyl (C=O) groups is 3. The van der Waals surface area contributed by atoms with Crippen molar-refractivity contribution in [3.8, 4) is 0 Å². The minimum atomic E-state index is -0.820. The predicted octanol–water partition coefficient (Wildman–Crippen LogP) is 3.83. The van der Waals surface area contributed by atoms with Crippen molar-refractivity contribution >= 4 is 18.0 Å². The van der Waals surface area contributed by atoms with Crippen LogP contribution in [0.25, 0.3) is 0 Å². The van der Waals surface area contributed by atoms with Crippen LogP contribution < -0.4 is 0 Å². The van der Waals surface area contributed by atoms with E-state index in [1.807, 2.05) is 0 Å². The van der Waals surface area contributed by atoms with Gasteiger partial charge in [0.1, 0.15) is 17.7 Å². The maximum Gasteiger partial charge on any atom is 0.411 e. The molecule has 1 aliphatic rings. The van der Waals surface area contributed by atoms with Crippen molar-refractivity contribution in [3.63, 3.8) is 0 Å². The Morgan fingerprint density at radius 2 is 1.74 bits per heavy atom. The fraction of sp³-hybridized carbons (Fsp3) is 0.850. The Bertz CT molecular complexity index is 513. The standard InChI is InChI=1S/C20H35NO6/c1-7-8-9-10-11-15-12-16(26-14(2)22)13-17(18(23)25-6)21(15)19(24)27-20(3,4)5/h15-17H,7-13H2,1-6H3/t15-,16-,17+/m1/s1. The molecule has 0 spiro atoms. The molecule has 27 heavy (non-hydrogen) atoms. The van der Waals surface area contributed by atoms with Crippen LogP contribution in [0.3, 0.4) is 0 Å². The van der Waals surface area contributed by atoms with Crippen molar-refractivity contribution in [2.75, 3.05) is 7.11 Å². The zero-order valence-corrected chi connectivity index (χ0v) is 17.6. The molecule has 1 rings (SSSR count). The van der Waals surface area contributed by atoms with Gasteiger partial charge in [0, 0.05) is 25.8 Å². The second-order valence-electron chi connectivity index (χ2n) is 8.13. The Hall–Kier alpha value is -1.79. The summed E-state index contributed by atoms with van der Waals surface area (Å²) in [5.74, 6) is -0.907. The normalized spacial score (nSPS) is 22.9. The summed E-state index contributed by atoms with van der Waals surface area (Å²) in [6.07, 6.45) is 4.71. The lowest BCUT2D eigenvalue weighted by atomic mass is 9.90. The van der Waals surface area contributed by atoms with Gasteiger partial charge in [-0.25, -0.2) is 9.59 Å². The van der Waals surface area contributed by atoms with Crippen LogP contribution in [-0.2, 0) is 23.8 Å². The minimum absolute atomic E-state index is 0.219. The van der Waals surface area contributed by atoms with Gasteiger partial charge in [-0.05, 0) is 27.2 Å². The second kappa shape index (κ2) is 10.5.